The number of hydrogen-bond donors (Lipinski definition) is 2. The van der Waals surface area contributed by atoms with Gasteiger partial charge in [-0.25, -0.2) is 13.6 Å². The van der Waals surface area contributed by atoms with Gasteiger partial charge in [0, 0.05) is 31.0 Å². The van der Waals surface area contributed by atoms with Crippen molar-refractivity contribution in [1.29, 1.82) is 0 Å². The molecule has 0 radical (unpaired) electrons. The lowest BCUT2D eigenvalue weighted by Crippen LogP contribution is -2.48. The van der Waals surface area contributed by atoms with Crippen LogP contribution in [0.1, 0.15) is 12.8 Å². The molecule has 0 unspecified atom stereocenters. The summed E-state index contributed by atoms with van der Waals surface area (Å²) in [6.45, 7) is 0. The number of nitrogens with one attached hydrogen (secondary N) is 1. The average Bonchev–Trinajstić information content (AvgIpc) is 2.25. The molecule has 1 fully saturated rings. The SMILES string of the molecule is COc1c(F)cc(O[C@H]2C[C@H](NC(=O)O)C2)cc1F. The van der Waals surface area contributed by atoms with Crippen LogP contribution >= 0.6 is 0 Å². The van der Waals surface area contributed by atoms with Gasteiger partial charge >= 0.3 is 6.09 Å². The van der Waals surface area contributed by atoms with Gasteiger partial charge in [0.25, 0.3) is 0 Å². The molecular formula is C12H13F2NO4. The fourth-order valence-corrected chi connectivity index (χ4v) is 1.95. The molecule has 1 amide bonds. The maximum absolute atomic E-state index is 13.4. The number of rotatable bonds is 4. The van der Waals surface area contributed by atoms with Crippen LogP contribution in [0.25, 0.3) is 0 Å². The van der Waals surface area contributed by atoms with Crippen molar-refractivity contribution in [2.45, 2.75) is 25.0 Å². The van der Waals surface area contributed by atoms with Crippen molar-refractivity contribution in [2.24, 2.45) is 0 Å². The van der Waals surface area contributed by atoms with E-state index in [2.05, 4.69) is 10.1 Å². The molecule has 1 aromatic carbocycles. The Morgan fingerprint density at radius 3 is 2.42 bits per heavy atom. The third-order valence-corrected chi connectivity index (χ3v) is 2.90. The minimum atomic E-state index is -1.09. The highest BCUT2D eigenvalue weighted by atomic mass is 19.1. The molecule has 1 aliphatic carbocycles. The van der Waals surface area contributed by atoms with Crippen LogP contribution in [0.5, 0.6) is 11.5 Å². The van der Waals surface area contributed by atoms with Gasteiger partial charge < -0.3 is 19.9 Å². The summed E-state index contributed by atoms with van der Waals surface area (Å²) in [5.41, 5.74) is 0. The minimum absolute atomic E-state index is 0.0644. The Morgan fingerprint density at radius 2 is 1.95 bits per heavy atom. The number of ether oxygens (including phenoxy) is 2. The number of benzene rings is 1. The first-order valence-electron chi connectivity index (χ1n) is 5.68. The zero-order chi connectivity index (χ0) is 14.0. The van der Waals surface area contributed by atoms with Crippen molar-refractivity contribution in [3.8, 4) is 11.5 Å². The molecule has 19 heavy (non-hydrogen) atoms. The fraction of sp³-hybridized carbons (Fsp3) is 0.417. The highest BCUT2D eigenvalue weighted by Crippen LogP contribution is 2.30. The van der Waals surface area contributed by atoms with E-state index < -0.39 is 23.5 Å². The van der Waals surface area contributed by atoms with Crippen LogP contribution in [0.15, 0.2) is 12.1 Å². The Bertz CT molecular complexity index is 466. The second-order valence-corrected chi connectivity index (χ2v) is 4.28. The number of methoxy groups -OCH3 is 1. The van der Waals surface area contributed by atoms with Gasteiger partial charge in [0.15, 0.2) is 17.4 Å². The molecule has 0 aromatic heterocycles. The molecule has 0 bridgehead atoms. The Morgan fingerprint density at radius 1 is 1.37 bits per heavy atom. The van der Waals surface area contributed by atoms with Gasteiger partial charge in [0.1, 0.15) is 11.9 Å². The molecule has 0 aliphatic heterocycles. The van der Waals surface area contributed by atoms with Gasteiger partial charge in [-0.05, 0) is 0 Å². The van der Waals surface area contributed by atoms with Crippen molar-refractivity contribution in [2.75, 3.05) is 7.11 Å². The maximum Gasteiger partial charge on any atom is 0.404 e. The lowest BCUT2D eigenvalue weighted by molar-refractivity contribution is 0.0826. The van der Waals surface area contributed by atoms with Crippen molar-refractivity contribution in [3.05, 3.63) is 23.8 Å². The molecular weight excluding hydrogens is 260 g/mol. The van der Waals surface area contributed by atoms with Crippen molar-refractivity contribution in [3.63, 3.8) is 0 Å². The fourth-order valence-electron chi connectivity index (χ4n) is 1.95. The summed E-state index contributed by atoms with van der Waals surface area (Å²) < 4.78 is 36.7. The molecule has 7 heteroatoms. The van der Waals surface area contributed by atoms with E-state index in [0.29, 0.717) is 12.8 Å². The van der Waals surface area contributed by atoms with Crippen molar-refractivity contribution in [1.82, 2.24) is 5.32 Å². The van der Waals surface area contributed by atoms with Gasteiger partial charge in [-0.3, -0.25) is 0 Å². The summed E-state index contributed by atoms with van der Waals surface area (Å²) in [6.07, 6.45) is -0.391. The van der Waals surface area contributed by atoms with E-state index in [1.165, 1.54) is 7.11 Å². The summed E-state index contributed by atoms with van der Waals surface area (Å²) in [7, 11) is 1.18. The van der Waals surface area contributed by atoms with E-state index in [-0.39, 0.29) is 17.9 Å². The Balaban J connectivity index is 1.93. The van der Waals surface area contributed by atoms with Crippen LogP contribution in [0, 0.1) is 11.6 Å². The molecule has 0 atom stereocenters. The molecule has 0 heterocycles. The highest BCUT2D eigenvalue weighted by Gasteiger charge is 2.32. The lowest BCUT2D eigenvalue weighted by Gasteiger charge is -2.35. The quantitative estimate of drug-likeness (QED) is 0.882. The second-order valence-electron chi connectivity index (χ2n) is 4.28. The summed E-state index contributed by atoms with van der Waals surface area (Å²) in [6, 6.07) is 1.91. The summed E-state index contributed by atoms with van der Waals surface area (Å²) in [5, 5.41) is 10.8. The largest absolute Gasteiger partial charge is 0.491 e. The zero-order valence-electron chi connectivity index (χ0n) is 10.2. The standard InChI is InChI=1S/C12H13F2NO4/c1-18-11-9(13)4-8(5-10(11)14)19-7-2-6(3-7)15-12(16)17/h4-7,15H,2-3H2,1H3,(H,16,17)/t6-,7-. The van der Waals surface area contributed by atoms with E-state index in [1.54, 1.807) is 0 Å². The number of amides is 1. The first-order chi connectivity index (χ1) is 8.99. The summed E-state index contributed by atoms with van der Waals surface area (Å²) >= 11 is 0. The lowest BCUT2D eigenvalue weighted by atomic mass is 9.89. The molecule has 1 aliphatic rings. The van der Waals surface area contributed by atoms with Crippen LogP contribution in [-0.2, 0) is 0 Å². The Hall–Kier alpha value is -2.05. The molecule has 0 spiro atoms. The molecule has 1 aromatic rings. The number of carboxylic acid groups (broad SMARTS) is 1. The van der Waals surface area contributed by atoms with Crippen LogP contribution in [0.3, 0.4) is 0 Å². The van der Waals surface area contributed by atoms with Crippen LogP contribution in [0.2, 0.25) is 0 Å². The maximum atomic E-state index is 13.4. The smallest absolute Gasteiger partial charge is 0.404 e. The Kier molecular flexibility index (Phi) is 3.73. The first-order valence-corrected chi connectivity index (χ1v) is 5.68. The molecule has 1 saturated carbocycles. The number of hydrogen-bond acceptors (Lipinski definition) is 3. The minimum Gasteiger partial charge on any atom is -0.491 e. The van der Waals surface area contributed by atoms with Crippen molar-refractivity contribution >= 4 is 6.09 Å². The molecule has 104 valence electrons. The van der Waals surface area contributed by atoms with Crippen molar-refractivity contribution < 1.29 is 28.2 Å². The van der Waals surface area contributed by atoms with E-state index in [9.17, 15) is 13.6 Å². The van der Waals surface area contributed by atoms with Gasteiger partial charge in [-0.2, -0.15) is 0 Å². The Labute approximate surface area is 108 Å². The topological polar surface area (TPSA) is 67.8 Å². The van der Waals surface area contributed by atoms with Crippen LogP contribution in [0.4, 0.5) is 13.6 Å². The molecule has 2 rings (SSSR count). The molecule has 0 saturated heterocycles. The second kappa shape index (κ2) is 5.29. The van der Waals surface area contributed by atoms with Crippen LogP contribution in [-0.4, -0.2) is 30.5 Å². The first kappa shape index (κ1) is 13.4. The normalized spacial score (nSPS) is 21.4. The molecule has 5 nitrogen and oxygen atoms in total. The van der Waals surface area contributed by atoms with Crippen LogP contribution < -0.4 is 14.8 Å². The van der Waals surface area contributed by atoms with Gasteiger partial charge in [-0.1, -0.05) is 0 Å². The number of carbonyl (C=O) groups is 1. The summed E-state index contributed by atoms with van der Waals surface area (Å²) in [4.78, 5) is 10.4. The van der Waals surface area contributed by atoms with E-state index in [4.69, 9.17) is 9.84 Å². The van der Waals surface area contributed by atoms with Gasteiger partial charge in [0.05, 0.1) is 7.11 Å². The van der Waals surface area contributed by atoms with E-state index in [1.807, 2.05) is 0 Å². The van der Waals surface area contributed by atoms with E-state index in [0.717, 1.165) is 12.1 Å². The monoisotopic (exact) mass is 273 g/mol. The van der Waals surface area contributed by atoms with Gasteiger partial charge in [-0.15, -0.1) is 0 Å². The van der Waals surface area contributed by atoms with Gasteiger partial charge in [0.2, 0.25) is 0 Å². The molecule has 2 N–H and O–H groups in total. The zero-order valence-corrected chi connectivity index (χ0v) is 10.2. The third kappa shape index (κ3) is 3.04. The highest BCUT2D eigenvalue weighted by molar-refractivity contribution is 5.65. The number of halogens is 2. The average molecular weight is 273 g/mol. The predicted molar refractivity (Wildman–Crippen MR) is 61.5 cm³/mol. The third-order valence-electron chi connectivity index (χ3n) is 2.90. The summed E-state index contributed by atoms with van der Waals surface area (Å²) in [5.74, 6) is -2.06. The predicted octanol–water partition coefficient (Wildman–Crippen LogP) is 2.15. The van der Waals surface area contributed by atoms with E-state index >= 15 is 0 Å².